The summed E-state index contributed by atoms with van der Waals surface area (Å²) in [6.45, 7) is 0.942. The van der Waals surface area contributed by atoms with Gasteiger partial charge in [0.25, 0.3) is 0 Å². The molecule has 2 aliphatic heterocycles. The molecule has 12 heteroatoms. The zero-order valence-electron chi connectivity index (χ0n) is 25.3. The number of aromatic nitrogens is 6. The number of carbonyl (C=O) groups excluding carboxylic acids is 1. The number of ether oxygens (including phenoxy) is 1. The van der Waals surface area contributed by atoms with E-state index in [1.807, 2.05) is 54.0 Å². The number of nitrogens with zero attached hydrogens (tertiary/aromatic N) is 8. The van der Waals surface area contributed by atoms with Crippen LogP contribution in [0.15, 0.2) is 73.2 Å². The Morgan fingerprint density at radius 3 is 2.74 bits per heavy atom. The van der Waals surface area contributed by atoms with Crippen LogP contribution in [0.5, 0.6) is 5.75 Å². The van der Waals surface area contributed by atoms with Gasteiger partial charge in [0, 0.05) is 44.2 Å². The van der Waals surface area contributed by atoms with Gasteiger partial charge in [-0.15, -0.1) is 0 Å². The number of rotatable bonds is 2. The minimum atomic E-state index is -0.764. The minimum Gasteiger partial charge on any atom is -0.488 e. The van der Waals surface area contributed by atoms with Gasteiger partial charge in [0.15, 0.2) is 11.5 Å². The molecule has 3 aromatic carbocycles. The van der Waals surface area contributed by atoms with Crippen molar-refractivity contribution in [2.45, 2.75) is 31.4 Å². The summed E-state index contributed by atoms with van der Waals surface area (Å²) in [6, 6.07) is 16.9. The SMILES string of the molecule is CN1CCCc2c3c(cccc3nn2C)-c2cccc(c2)O[C@H]2C[C@@H](C1=O)N(c1ncnc3c1cnn3-c1ccc(F)cc1F)C2. The van der Waals surface area contributed by atoms with Crippen LogP contribution in [-0.2, 0) is 18.3 Å². The number of likely N-dealkylation sites (N-methyl/N-ethyl adjacent to an activating group) is 1. The highest BCUT2D eigenvalue weighted by Gasteiger charge is 2.41. The summed E-state index contributed by atoms with van der Waals surface area (Å²) >= 11 is 0. The second kappa shape index (κ2) is 10.9. The molecule has 10 nitrogen and oxygen atoms in total. The van der Waals surface area contributed by atoms with Crippen LogP contribution in [-0.4, -0.2) is 72.6 Å². The molecule has 4 bridgehead atoms. The largest absolute Gasteiger partial charge is 0.488 e. The first-order valence-corrected chi connectivity index (χ1v) is 15.2. The highest BCUT2D eigenvalue weighted by Crippen LogP contribution is 2.36. The third kappa shape index (κ3) is 4.63. The third-order valence-electron chi connectivity index (χ3n) is 9.01. The van der Waals surface area contributed by atoms with Gasteiger partial charge in [0.1, 0.15) is 41.5 Å². The standard InChI is InChI=1S/C34H30F2N8O2/c1-41-13-5-10-29-31-24(8-4-9-27(31)40-42(29)2)20-6-3-7-22(14-20)46-23-16-30(34(41)45)43(18-23)32-25-17-39-44(33(25)38-19-37-32)28-12-11-21(35)15-26(28)36/h3-4,6-9,11-12,14-15,17,19,23,30H,5,10,13,16,18H2,1-2H3/t23-,30-/m0/s1. The summed E-state index contributed by atoms with van der Waals surface area (Å²) in [5, 5.41) is 10.8. The lowest BCUT2D eigenvalue weighted by atomic mass is 9.98. The Labute approximate surface area is 262 Å². The van der Waals surface area contributed by atoms with Crippen LogP contribution in [0.1, 0.15) is 18.5 Å². The van der Waals surface area contributed by atoms with Crippen molar-refractivity contribution in [3.8, 4) is 22.6 Å². The summed E-state index contributed by atoms with van der Waals surface area (Å²) in [5.74, 6) is -0.296. The first-order chi connectivity index (χ1) is 22.4. The van der Waals surface area contributed by atoms with Gasteiger partial charge in [-0.25, -0.2) is 23.4 Å². The molecule has 0 spiro atoms. The Bertz CT molecular complexity index is 2140. The Morgan fingerprint density at radius 2 is 1.87 bits per heavy atom. The number of benzene rings is 3. The van der Waals surface area contributed by atoms with Gasteiger partial charge in [-0.2, -0.15) is 10.2 Å². The van der Waals surface area contributed by atoms with Gasteiger partial charge in [-0.05, 0) is 54.3 Å². The molecule has 0 aliphatic carbocycles. The zero-order valence-corrected chi connectivity index (χ0v) is 25.3. The van der Waals surface area contributed by atoms with E-state index in [2.05, 4.69) is 27.2 Å². The number of aryl methyl sites for hydroxylation is 2. The van der Waals surface area contributed by atoms with Crippen LogP contribution in [0.3, 0.4) is 0 Å². The molecular weight excluding hydrogens is 590 g/mol. The van der Waals surface area contributed by atoms with Crippen LogP contribution in [0, 0.1) is 11.6 Å². The molecule has 5 heterocycles. The molecule has 0 saturated carbocycles. The predicted octanol–water partition coefficient (Wildman–Crippen LogP) is 5.08. The van der Waals surface area contributed by atoms with Gasteiger partial charge in [0.2, 0.25) is 5.91 Å². The number of hydrogen-bond donors (Lipinski definition) is 0. The molecule has 0 unspecified atom stereocenters. The van der Waals surface area contributed by atoms with E-state index in [9.17, 15) is 13.6 Å². The van der Waals surface area contributed by atoms with Crippen LogP contribution < -0.4 is 9.64 Å². The molecule has 2 aliphatic rings. The van der Waals surface area contributed by atoms with Crippen LogP contribution in [0.2, 0.25) is 0 Å². The lowest BCUT2D eigenvalue weighted by molar-refractivity contribution is -0.131. The van der Waals surface area contributed by atoms with Crippen molar-refractivity contribution in [3.05, 3.63) is 90.5 Å². The van der Waals surface area contributed by atoms with E-state index in [0.29, 0.717) is 42.1 Å². The molecule has 2 atom stereocenters. The third-order valence-corrected chi connectivity index (χ3v) is 9.01. The van der Waals surface area contributed by atoms with Gasteiger partial charge in [-0.3, -0.25) is 9.48 Å². The van der Waals surface area contributed by atoms with Crippen molar-refractivity contribution < 1.29 is 18.3 Å². The normalized spacial score (nSPS) is 18.6. The maximum Gasteiger partial charge on any atom is 0.245 e. The number of amides is 1. The molecule has 8 rings (SSSR count). The molecule has 1 amide bonds. The summed E-state index contributed by atoms with van der Waals surface area (Å²) in [5.41, 5.74) is 4.58. The maximum atomic E-state index is 14.7. The zero-order chi connectivity index (χ0) is 31.5. The first-order valence-electron chi connectivity index (χ1n) is 15.2. The fraction of sp³-hybridized carbons (Fsp3) is 0.265. The van der Waals surface area contributed by atoms with E-state index < -0.39 is 17.7 Å². The van der Waals surface area contributed by atoms with Gasteiger partial charge in [0.05, 0.1) is 23.6 Å². The Balaban J connectivity index is 1.20. The van der Waals surface area contributed by atoms with Gasteiger partial charge >= 0.3 is 0 Å². The second-order valence-corrected chi connectivity index (χ2v) is 11.9. The smallest absolute Gasteiger partial charge is 0.245 e. The van der Waals surface area contributed by atoms with Crippen molar-refractivity contribution in [1.29, 1.82) is 0 Å². The second-order valence-electron chi connectivity index (χ2n) is 11.9. The first kappa shape index (κ1) is 28.1. The van der Waals surface area contributed by atoms with E-state index >= 15 is 0 Å². The summed E-state index contributed by atoms with van der Waals surface area (Å²) < 4.78 is 38.2. The molecule has 0 N–H and O–H groups in total. The predicted molar refractivity (Wildman–Crippen MR) is 169 cm³/mol. The number of halogens is 2. The Hall–Kier alpha value is -5.39. The fourth-order valence-electron chi connectivity index (χ4n) is 6.86. The minimum absolute atomic E-state index is 0.0472. The van der Waals surface area contributed by atoms with E-state index in [1.165, 1.54) is 23.1 Å². The molecule has 1 fully saturated rings. The Kier molecular flexibility index (Phi) is 6.66. The monoisotopic (exact) mass is 620 g/mol. The summed E-state index contributed by atoms with van der Waals surface area (Å²) in [6.07, 6.45) is 4.56. The van der Waals surface area contributed by atoms with Crippen molar-refractivity contribution in [2.24, 2.45) is 7.05 Å². The van der Waals surface area contributed by atoms with Crippen LogP contribution in [0.25, 0.3) is 38.8 Å². The molecule has 6 aromatic rings. The highest BCUT2D eigenvalue weighted by molar-refractivity contribution is 5.97. The van der Waals surface area contributed by atoms with E-state index in [4.69, 9.17) is 9.84 Å². The van der Waals surface area contributed by atoms with Crippen molar-refractivity contribution in [2.75, 3.05) is 25.0 Å². The lowest BCUT2D eigenvalue weighted by Crippen LogP contribution is -2.45. The van der Waals surface area contributed by atoms with Gasteiger partial charge in [-0.1, -0.05) is 24.3 Å². The number of hydrogen-bond acceptors (Lipinski definition) is 7. The summed E-state index contributed by atoms with van der Waals surface area (Å²) in [4.78, 5) is 26.8. The van der Waals surface area contributed by atoms with Crippen LogP contribution in [0.4, 0.5) is 14.6 Å². The molecule has 232 valence electrons. The number of carbonyl (C=O) groups is 1. The quantitative estimate of drug-likeness (QED) is 0.267. The summed E-state index contributed by atoms with van der Waals surface area (Å²) in [7, 11) is 3.79. The highest BCUT2D eigenvalue weighted by atomic mass is 19.1. The lowest BCUT2D eigenvalue weighted by Gasteiger charge is -2.28. The molecule has 1 saturated heterocycles. The van der Waals surface area contributed by atoms with Crippen LogP contribution >= 0.6 is 0 Å². The average Bonchev–Trinajstić information content (AvgIpc) is 3.75. The molecule has 46 heavy (non-hydrogen) atoms. The fourth-order valence-corrected chi connectivity index (χ4v) is 6.86. The Morgan fingerprint density at radius 1 is 1.00 bits per heavy atom. The maximum absolute atomic E-state index is 14.7. The molecular formula is C34H30F2N8O2. The van der Waals surface area contributed by atoms with Gasteiger partial charge < -0.3 is 14.5 Å². The number of anilines is 1. The van der Waals surface area contributed by atoms with Crippen molar-refractivity contribution in [1.82, 2.24) is 34.4 Å². The van der Waals surface area contributed by atoms with E-state index in [1.54, 1.807) is 11.1 Å². The number of fused-ring (bicyclic) bond motifs is 6. The van der Waals surface area contributed by atoms with Crippen molar-refractivity contribution in [3.63, 3.8) is 0 Å². The topological polar surface area (TPSA) is 94.2 Å². The van der Waals surface area contributed by atoms with Crippen molar-refractivity contribution >= 4 is 33.7 Å². The molecule has 0 radical (unpaired) electrons. The molecule has 3 aromatic heterocycles. The van der Waals surface area contributed by atoms with E-state index in [-0.39, 0.29) is 17.7 Å². The van der Waals surface area contributed by atoms with E-state index in [0.717, 1.165) is 46.6 Å². The average molecular weight is 621 g/mol.